The number of hydrogen-bond donors (Lipinski definition) is 1. The summed E-state index contributed by atoms with van der Waals surface area (Å²) in [4.78, 5) is 13.9. The van der Waals surface area contributed by atoms with Crippen LogP contribution in [0, 0.1) is 11.6 Å². The van der Waals surface area contributed by atoms with E-state index >= 15 is 0 Å². The first-order chi connectivity index (χ1) is 14.4. The molecule has 7 heteroatoms. The van der Waals surface area contributed by atoms with Crippen LogP contribution in [0.2, 0.25) is 0 Å². The van der Waals surface area contributed by atoms with E-state index in [0.29, 0.717) is 19.5 Å². The van der Waals surface area contributed by atoms with Gasteiger partial charge in [-0.05, 0) is 72.9 Å². The number of hydrogen-bond acceptors (Lipinski definition) is 2. The van der Waals surface area contributed by atoms with E-state index in [9.17, 15) is 13.6 Å². The lowest BCUT2D eigenvalue weighted by atomic mass is 10.1. The number of benzene rings is 2. The molecule has 1 N–H and O–H groups in total. The fourth-order valence-corrected chi connectivity index (χ4v) is 3.24. The highest BCUT2D eigenvalue weighted by Crippen LogP contribution is 2.20. The Bertz CT molecular complexity index is 968. The van der Waals surface area contributed by atoms with Gasteiger partial charge < -0.3 is 10.2 Å². The smallest absolute Gasteiger partial charge is 0.317 e. The molecule has 0 saturated heterocycles. The van der Waals surface area contributed by atoms with Gasteiger partial charge in [-0.2, -0.15) is 5.10 Å². The van der Waals surface area contributed by atoms with Gasteiger partial charge in [-0.3, -0.25) is 4.68 Å². The van der Waals surface area contributed by atoms with Crippen molar-refractivity contribution >= 4 is 6.03 Å². The molecule has 5 nitrogen and oxygen atoms in total. The lowest BCUT2D eigenvalue weighted by molar-refractivity contribution is 0.208. The Morgan fingerprint density at radius 1 is 1.03 bits per heavy atom. The third-order valence-corrected chi connectivity index (χ3v) is 4.95. The van der Waals surface area contributed by atoms with Crippen LogP contribution in [0.5, 0.6) is 0 Å². The van der Waals surface area contributed by atoms with E-state index in [4.69, 9.17) is 0 Å². The summed E-state index contributed by atoms with van der Waals surface area (Å²) in [7, 11) is 3.62. The number of rotatable bonds is 8. The zero-order chi connectivity index (χ0) is 21.5. The molecular formula is C23H26F2N4O. The van der Waals surface area contributed by atoms with Gasteiger partial charge in [0.1, 0.15) is 11.6 Å². The Morgan fingerprint density at radius 3 is 2.33 bits per heavy atom. The highest BCUT2D eigenvalue weighted by atomic mass is 19.1. The van der Waals surface area contributed by atoms with Crippen molar-refractivity contribution < 1.29 is 13.6 Å². The van der Waals surface area contributed by atoms with E-state index in [-0.39, 0.29) is 17.7 Å². The number of urea groups is 1. The SMILES string of the molecule is CN(CCCc1cc(-c2ccc(F)cc2)n(C)n1)C(=O)NCCc1ccc(F)cc1. The quantitative estimate of drug-likeness (QED) is 0.603. The predicted molar refractivity (Wildman–Crippen MR) is 113 cm³/mol. The van der Waals surface area contributed by atoms with Gasteiger partial charge in [0.25, 0.3) is 0 Å². The Hall–Kier alpha value is -3.22. The van der Waals surface area contributed by atoms with Gasteiger partial charge >= 0.3 is 6.03 Å². The molecule has 3 aromatic rings. The Balaban J connectivity index is 1.42. The van der Waals surface area contributed by atoms with Crippen LogP contribution in [-0.4, -0.2) is 40.8 Å². The van der Waals surface area contributed by atoms with E-state index < -0.39 is 0 Å². The van der Waals surface area contributed by atoms with E-state index in [2.05, 4.69) is 10.4 Å². The molecule has 158 valence electrons. The average molecular weight is 412 g/mol. The first-order valence-electron chi connectivity index (χ1n) is 9.94. The molecule has 0 bridgehead atoms. The van der Waals surface area contributed by atoms with E-state index in [1.165, 1.54) is 24.3 Å². The molecule has 0 saturated carbocycles. The zero-order valence-electron chi connectivity index (χ0n) is 17.2. The van der Waals surface area contributed by atoms with Crippen LogP contribution in [0.3, 0.4) is 0 Å². The van der Waals surface area contributed by atoms with Gasteiger partial charge in [-0.1, -0.05) is 12.1 Å². The summed E-state index contributed by atoms with van der Waals surface area (Å²) in [5.74, 6) is -0.527. The summed E-state index contributed by atoms with van der Waals surface area (Å²) in [6.45, 7) is 1.10. The maximum Gasteiger partial charge on any atom is 0.317 e. The predicted octanol–water partition coefficient (Wildman–Crippen LogP) is 4.18. The molecule has 0 aliphatic carbocycles. The number of amides is 2. The molecule has 0 aliphatic heterocycles. The zero-order valence-corrected chi connectivity index (χ0v) is 17.2. The fraction of sp³-hybridized carbons (Fsp3) is 0.304. The summed E-state index contributed by atoms with van der Waals surface area (Å²) >= 11 is 0. The monoisotopic (exact) mass is 412 g/mol. The minimum atomic E-state index is -0.264. The molecule has 30 heavy (non-hydrogen) atoms. The van der Waals surface area contributed by atoms with Crippen LogP contribution in [0.1, 0.15) is 17.7 Å². The summed E-state index contributed by atoms with van der Waals surface area (Å²) in [6.07, 6.45) is 2.17. The van der Waals surface area contributed by atoms with E-state index in [1.54, 1.807) is 40.9 Å². The molecule has 1 heterocycles. The van der Waals surface area contributed by atoms with Crippen LogP contribution in [0.15, 0.2) is 54.6 Å². The van der Waals surface area contributed by atoms with Crippen molar-refractivity contribution in [3.8, 4) is 11.3 Å². The Kier molecular flexibility index (Phi) is 7.17. The number of aromatic nitrogens is 2. The number of aryl methyl sites for hydroxylation is 2. The lowest BCUT2D eigenvalue weighted by Gasteiger charge is -2.17. The number of carbonyl (C=O) groups excluding carboxylic acids is 1. The van der Waals surface area contributed by atoms with Crippen molar-refractivity contribution in [1.29, 1.82) is 0 Å². The van der Waals surface area contributed by atoms with Gasteiger partial charge in [-0.15, -0.1) is 0 Å². The molecule has 0 fully saturated rings. The molecule has 0 aliphatic rings. The second-order valence-corrected chi connectivity index (χ2v) is 7.28. The first kappa shape index (κ1) is 21.5. The highest BCUT2D eigenvalue weighted by molar-refractivity contribution is 5.73. The lowest BCUT2D eigenvalue weighted by Crippen LogP contribution is -2.38. The van der Waals surface area contributed by atoms with E-state index in [1.807, 2.05) is 13.1 Å². The summed E-state index contributed by atoms with van der Waals surface area (Å²) < 4.78 is 27.8. The Morgan fingerprint density at radius 2 is 1.67 bits per heavy atom. The van der Waals surface area contributed by atoms with Crippen molar-refractivity contribution in [2.24, 2.45) is 7.05 Å². The summed E-state index contributed by atoms with van der Waals surface area (Å²) in [5, 5.41) is 7.39. The molecule has 2 aromatic carbocycles. The molecule has 0 unspecified atom stereocenters. The van der Waals surface area contributed by atoms with Crippen LogP contribution in [0.4, 0.5) is 13.6 Å². The maximum absolute atomic E-state index is 13.1. The van der Waals surface area contributed by atoms with Crippen molar-refractivity contribution in [2.45, 2.75) is 19.3 Å². The third kappa shape index (κ3) is 5.89. The van der Waals surface area contributed by atoms with Gasteiger partial charge in [0, 0.05) is 27.2 Å². The molecule has 0 radical (unpaired) electrons. The number of carbonyl (C=O) groups is 1. The first-order valence-corrected chi connectivity index (χ1v) is 9.94. The van der Waals surface area contributed by atoms with Crippen LogP contribution in [-0.2, 0) is 19.9 Å². The summed E-state index contributed by atoms with van der Waals surface area (Å²) in [6, 6.07) is 14.5. The van der Waals surface area contributed by atoms with Crippen molar-refractivity contribution in [1.82, 2.24) is 20.0 Å². The summed E-state index contributed by atoms with van der Waals surface area (Å²) in [5.41, 5.74) is 3.75. The van der Waals surface area contributed by atoms with E-state index in [0.717, 1.165) is 35.4 Å². The van der Waals surface area contributed by atoms with Gasteiger partial charge in [0.2, 0.25) is 0 Å². The van der Waals surface area contributed by atoms with Crippen molar-refractivity contribution in [3.63, 3.8) is 0 Å². The molecule has 2 amide bonds. The molecule has 0 atom stereocenters. The molecule has 0 spiro atoms. The number of halogens is 2. The maximum atomic E-state index is 13.1. The molecule has 3 rings (SSSR count). The average Bonchev–Trinajstić information content (AvgIpc) is 3.10. The van der Waals surface area contributed by atoms with Crippen molar-refractivity contribution in [3.05, 3.63) is 77.5 Å². The standard InChI is InChI=1S/C23H26F2N4O/c1-28(23(30)26-14-13-17-5-9-19(24)10-6-17)15-3-4-21-16-22(29(2)27-21)18-7-11-20(25)12-8-18/h5-12,16H,3-4,13-15H2,1-2H3,(H,26,30). The minimum Gasteiger partial charge on any atom is -0.338 e. The minimum absolute atomic E-state index is 0.134. The molecule has 1 aromatic heterocycles. The second kappa shape index (κ2) is 10.0. The normalized spacial score (nSPS) is 10.8. The van der Waals surface area contributed by atoms with Crippen LogP contribution in [0.25, 0.3) is 11.3 Å². The highest BCUT2D eigenvalue weighted by Gasteiger charge is 2.10. The second-order valence-electron chi connectivity index (χ2n) is 7.28. The third-order valence-electron chi connectivity index (χ3n) is 4.95. The molecular weight excluding hydrogens is 386 g/mol. The van der Waals surface area contributed by atoms with Crippen LogP contribution >= 0.6 is 0 Å². The van der Waals surface area contributed by atoms with Crippen molar-refractivity contribution in [2.75, 3.05) is 20.1 Å². The van der Waals surface area contributed by atoms with Gasteiger partial charge in [0.15, 0.2) is 0 Å². The number of nitrogens with one attached hydrogen (secondary N) is 1. The van der Waals surface area contributed by atoms with Crippen LogP contribution < -0.4 is 5.32 Å². The topological polar surface area (TPSA) is 50.2 Å². The van der Waals surface area contributed by atoms with Gasteiger partial charge in [0.05, 0.1) is 11.4 Å². The number of nitrogens with zero attached hydrogens (tertiary/aromatic N) is 3. The van der Waals surface area contributed by atoms with Gasteiger partial charge in [-0.25, -0.2) is 13.6 Å². The Labute approximate surface area is 175 Å². The fourth-order valence-electron chi connectivity index (χ4n) is 3.24. The largest absolute Gasteiger partial charge is 0.338 e.